The molecule has 0 saturated heterocycles. The first-order valence-corrected chi connectivity index (χ1v) is 7.58. The molecule has 1 N–H and O–H groups in total. The second-order valence-corrected chi connectivity index (χ2v) is 5.23. The molecule has 5 nitrogen and oxygen atoms in total. The minimum absolute atomic E-state index is 0.00511. The third-order valence-electron chi connectivity index (χ3n) is 2.75. The molecule has 0 unspecified atom stereocenters. The van der Waals surface area contributed by atoms with E-state index in [1.165, 1.54) is 12.5 Å². The van der Waals surface area contributed by atoms with Crippen LogP contribution in [0.3, 0.4) is 0 Å². The third kappa shape index (κ3) is 16.7. The molecule has 0 atom stereocenters. The summed E-state index contributed by atoms with van der Waals surface area (Å²) in [7, 11) is 0. The average Bonchev–Trinajstić information content (AvgIpc) is 2.40. The van der Waals surface area contributed by atoms with Crippen LogP contribution in [0.5, 0.6) is 0 Å². The van der Waals surface area contributed by atoms with Gasteiger partial charge in [0.15, 0.2) is 5.78 Å². The van der Waals surface area contributed by atoms with E-state index in [0.717, 1.165) is 25.7 Å². The number of Topliss-reactive ketones (excluding diaryl/α,β-unsaturated/α-hetero) is 1. The van der Waals surface area contributed by atoms with Crippen LogP contribution < -0.4 is 5.32 Å². The van der Waals surface area contributed by atoms with Gasteiger partial charge in [-0.25, -0.2) is 0 Å². The predicted molar refractivity (Wildman–Crippen MR) is 83.2 cm³/mol. The average molecular weight is 299 g/mol. The van der Waals surface area contributed by atoms with Gasteiger partial charge >= 0.3 is 0 Å². The topological polar surface area (TPSA) is 64.6 Å². The molecule has 21 heavy (non-hydrogen) atoms. The third-order valence-corrected chi connectivity index (χ3v) is 2.75. The molecule has 0 aliphatic carbocycles. The van der Waals surface area contributed by atoms with Crippen molar-refractivity contribution >= 4 is 11.7 Å². The van der Waals surface area contributed by atoms with Crippen molar-refractivity contribution in [2.75, 3.05) is 33.0 Å². The second-order valence-electron chi connectivity index (χ2n) is 5.23. The van der Waals surface area contributed by atoms with Crippen molar-refractivity contribution in [2.24, 2.45) is 0 Å². The molecule has 5 heteroatoms. The molecule has 0 aliphatic heterocycles. The highest BCUT2D eigenvalue weighted by Crippen LogP contribution is 2.07. The molecular formula is C16H29NO4. The van der Waals surface area contributed by atoms with E-state index in [0.29, 0.717) is 32.8 Å². The highest BCUT2D eigenvalue weighted by atomic mass is 16.5. The lowest BCUT2D eigenvalue weighted by Gasteiger charge is -2.07. The van der Waals surface area contributed by atoms with Gasteiger partial charge in [-0.1, -0.05) is 12.0 Å². The van der Waals surface area contributed by atoms with Gasteiger partial charge in [-0.15, -0.1) is 6.58 Å². The van der Waals surface area contributed by atoms with Crippen molar-refractivity contribution in [3.63, 3.8) is 0 Å². The van der Waals surface area contributed by atoms with Crippen LogP contribution >= 0.6 is 0 Å². The number of unbranched alkanes of at least 4 members (excludes halogenated alkanes) is 2. The fourth-order valence-electron chi connectivity index (χ4n) is 1.68. The van der Waals surface area contributed by atoms with Crippen molar-refractivity contribution in [1.29, 1.82) is 0 Å². The molecule has 0 aromatic heterocycles. The van der Waals surface area contributed by atoms with Crippen molar-refractivity contribution in [1.82, 2.24) is 5.32 Å². The Bertz CT molecular complexity index is 315. The van der Waals surface area contributed by atoms with Crippen LogP contribution in [-0.2, 0) is 19.1 Å². The van der Waals surface area contributed by atoms with Gasteiger partial charge < -0.3 is 14.8 Å². The Balaban J connectivity index is 3.23. The molecule has 0 rings (SSSR count). The Hall–Kier alpha value is -1.20. The predicted octanol–water partition coefficient (Wildman–Crippen LogP) is 2.25. The molecule has 0 aromatic carbocycles. The first-order chi connectivity index (χ1) is 10.0. The summed E-state index contributed by atoms with van der Waals surface area (Å²) in [5, 5.41) is 2.82. The number of ether oxygens (including phenoxy) is 2. The summed E-state index contributed by atoms with van der Waals surface area (Å²) in [6.07, 6.45) is 4.69. The number of allylic oxidation sites excluding steroid dienone is 1. The SMILES string of the molecule is C=C(C)CCCCCC(=O)NCCOCCOCC(C)=O. The van der Waals surface area contributed by atoms with Crippen LogP contribution in [-0.4, -0.2) is 44.7 Å². The van der Waals surface area contributed by atoms with Crippen LogP contribution in [0.1, 0.15) is 46.0 Å². The zero-order chi connectivity index (χ0) is 15.9. The Morgan fingerprint density at radius 3 is 2.29 bits per heavy atom. The molecule has 0 aliphatic rings. The summed E-state index contributed by atoms with van der Waals surface area (Å²) in [6, 6.07) is 0. The zero-order valence-electron chi connectivity index (χ0n) is 13.4. The van der Waals surface area contributed by atoms with Crippen LogP contribution in [0.25, 0.3) is 0 Å². The van der Waals surface area contributed by atoms with Gasteiger partial charge in [0.25, 0.3) is 0 Å². The Labute approximate surface area is 128 Å². The second kappa shape index (κ2) is 13.8. The maximum absolute atomic E-state index is 11.5. The molecule has 0 aromatic rings. The fraction of sp³-hybridized carbons (Fsp3) is 0.750. The Morgan fingerprint density at radius 2 is 1.62 bits per heavy atom. The normalized spacial score (nSPS) is 10.4. The van der Waals surface area contributed by atoms with Crippen LogP contribution in [0, 0.1) is 0 Å². The highest BCUT2D eigenvalue weighted by molar-refractivity contribution is 5.76. The van der Waals surface area contributed by atoms with E-state index < -0.39 is 0 Å². The van der Waals surface area contributed by atoms with Crippen molar-refractivity contribution in [3.05, 3.63) is 12.2 Å². The fourth-order valence-corrected chi connectivity index (χ4v) is 1.68. The smallest absolute Gasteiger partial charge is 0.220 e. The van der Waals surface area contributed by atoms with Gasteiger partial charge in [-0.2, -0.15) is 0 Å². The Kier molecular flexibility index (Phi) is 13.0. The van der Waals surface area contributed by atoms with Gasteiger partial charge in [-0.05, 0) is 33.1 Å². The molecular weight excluding hydrogens is 270 g/mol. The molecule has 0 saturated carbocycles. The summed E-state index contributed by atoms with van der Waals surface area (Å²) in [4.78, 5) is 22.1. The molecule has 0 spiro atoms. The van der Waals surface area contributed by atoms with Gasteiger partial charge in [0.2, 0.25) is 5.91 Å². The molecule has 1 amide bonds. The minimum atomic E-state index is 0.00511. The van der Waals surface area contributed by atoms with Crippen molar-refractivity contribution in [3.8, 4) is 0 Å². The van der Waals surface area contributed by atoms with E-state index >= 15 is 0 Å². The molecule has 0 radical (unpaired) electrons. The van der Waals surface area contributed by atoms with Crippen LogP contribution in [0.4, 0.5) is 0 Å². The standard InChI is InChI=1S/C16H29NO4/c1-14(2)7-5-4-6-8-16(19)17-9-10-20-11-12-21-13-15(3)18/h1,4-13H2,2-3H3,(H,17,19). The number of rotatable bonds is 14. The Morgan fingerprint density at radius 1 is 0.952 bits per heavy atom. The lowest BCUT2D eigenvalue weighted by Crippen LogP contribution is -2.27. The number of carbonyl (C=O) groups is 2. The molecule has 0 fully saturated rings. The summed E-state index contributed by atoms with van der Waals surface area (Å²) in [6.45, 7) is 9.30. The van der Waals surface area contributed by atoms with Crippen molar-refractivity contribution in [2.45, 2.75) is 46.0 Å². The summed E-state index contributed by atoms with van der Waals surface area (Å²) < 4.78 is 10.3. The molecule has 0 bridgehead atoms. The molecule has 122 valence electrons. The van der Waals surface area contributed by atoms with E-state index in [4.69, 9.17) is 9.47 Å². The minimum Gasteiger partial charge on any atom is -0.377 e. The summed E-state index contributed by atoms with van der Waals surface area (Å²) >= 11 is 0. The largest absolute Gasteiger partial charge is 0.377 e. The highest BCUT2D eigenvalue weighted by Gasteiger charge is 2.00. The first kappa shape index (κ1) is 19.8. The number of hydrogen-bond donors (Lipinski definition) is 1. The van der Waals surface area contributed by atoms with E-state index in [1.54, 1.807) is 0 Å². The molecule has 0 heterocycles. The van der Waals surface area contributed by atoms with Crippen LogP contribution in [0.15, 0.2) is 12.2 Å². The maximum atomic E-state index is 11.5. The number of nitrogens with one attached hydrogen (secondary N) is 1. The number of ketones is 1. The van der Waals surface area contributed by atoms with Gasteiger partial charge in [0.1, 0.15) is 6.61 Å². The van der Waals surface area contributed by atoms with E-state index in [-0.39, 0.29) is 18.3 Å². The van der Waals surface area contributed by atoms with E-state index in [9.17, 15) is 9.59 Å². The van der Waals surface area contributed by atoms with Gasteiger partial charge in [-0.3, -0.25) is 9.59 Å². The van der Waals surface area contributed by atoms with Gasteiger partial charge in [0.05, 0.1) is 19.8 Å². The number of carbonyl (C=O) groups excluding carboxylic acids is 2. The van der Waals surface area contributed by atoms with Crippen LogP contribution in [0.2, 0.25) is 0 Å². The summed E-state index contributed by atoms with van der Waals surface area (Å²) in [5.74, 6) is 0.0762. The lowest BCUT2D eigenvalue weighted by atomic mass is 10.1. The number of hydrogen-bond acceptors (Lipinski definition) is 4. The number of amides is 1. The zero-order valence-corrected chi connectivity index (χ0v) is 13.4. The van der Waals surface area contributed by atoms with Gasteiger partial charge in [0, 0.05) is 13.0 Å². The van der Waals surface area contributed by atoms with Crippen molar-refractivity contribution < 1.29 is 19.1 Å². The van der Waals surface area contributed by atoms with E-state index in [1.807, 2.05) is 6.92 Å². The summed E-state index contributed by atoms with van der Waals surface area (Å²) in [5.41, 5.74) is 1.20. The lowest BCUT2D eigenvalue weighted by molar-refractivity contribution is -0.123. The monoisotopic (exact) mass is 299 g/mol. The maximum Gasteiger partial charge on any atom is 0.220 e. The van der Waals surface area contributed by atoms with E-state index in [2.05, 4.69) is 11.9 Å². The quantitative estimate of drug-likeness (QED) is 0.395. The first-order valence-electron chi connectivity index (χ1n) is 7.58.